The second kappa shape index (κ2) is 4.13. The van der Waals surface area contributed by atoms with Gasteiger partial charge in [0.05, 0.1) is 0 Å². The maximum Gasteiger partial charge on any atom is 0.0454 e. The first-order valence-electron chi connectivity index (χ1n) is 7.19. The fraction of sp³-hybridized carbons (Fsp3) is 0.500. The minimum atomic E-state index is 0.798. The number of nitrogens with one attached hydrogen (secondary N) is 2. The number of aromatic amines is 1. The van der Waals surface area contributed by atoms with Gasteiger partial charge in [0.25, 0.3) is 0 Å². The number of rotatable bonds is 5. The van der Waals surface area contributed by atoms with Crippen molar-refractivity contribution in [1.82, 2.24) is 10.3 Å². The molecule has 0 radical (unpaired) electrons. The van der Waals surface area contributed by atoms with E-state index in [1.165, 1.54) is 42.1 Å². The fourth-order valence-corrected chi connectivity index (χ4v) is 3.08. The number of aromatic nitrogens is 1. The Morgan fingerprint density at radius 2 is 1.89 bits per heavy atom. The van der Waals surface area contributed by atoms with Crippen molar-refractivity contribution in [2.75, 3.05) is 0 Å². The van der Waals surface area contributed by atoms with Crippen LogP contribution in [-0.4, -0.2) is 11.0 Å². The Balaban J connectivity index is 1.46. The number of fused-ring (bicyclic) bond motifs is 1. The molecule has 2 heteroatoms. The summed E-state index contributed by atoms with van der Waals surface area (Å²) in [4.78, 5) is 3.25. The maximum atomic E-state index is 3.81. The van der Waals surface area contributed by atoms with Crippen LogP contribution in [0.25, 0.3) is 10.9 Å². The Morgan fingerprint density at radius 3 is 2.61 bits per heavy atom. The van der Waals surface area contributed by atoms with Crippen LogP contribution in [0.3, 0.4) is 0 Å². The SMILES string of the molecule is c1cc2cc(CNC(C3CC3)C3CC3)ccc2[nH]1. The summed E-state index contributed by atoms with van der Waals surface area (Å²) in [7, 11) is 0. The second-order valence-electron chi connectivity index (χ2n) is 5.98. The summed E-state index contributed by atoms with van der Waals surface area (Å²) in [5.74, 6) is 1.96. The van der Waals surface area contributed by atoms with Gasteiger partial charge in [0.15, 0.2) is 0 Å². The van der Waals surface area contributed by atoms with Crippen LogP contribution in [-0.2, 0) is 6.54 Å². The zero-order valence-corrected chi connectivity index (χ0v) is 10.7. The summed E-state index contributed by atoms with van der Waals surface area (Å²) in [6.07, 6.45) is 7.81. The first-order valence-corrected chi connectivity index (χ1v) is 7.19. The Hall–Kier alpha value is -1.28. The van der Waals surface area contributed by atoms with E-state index in [0.717, 1.165) is 24.4 Å². The van der Waals surface area contributed by atoms with E-state index in [2.05, 4.69) is 34.6 Å². The van der Waals surface area contributed by atoms with Gasteiger partial charge in [-0.15, -0.1) is 0 Å². The van der Waals surface area contributed by atoms with Crippen molar-refractivity contribution >= 4 is 10.9 Å². The molecule has 0 amide bonds. The van der Waals surface area contributed by atoms with Crippen LogP contribution in [0.15, 0.2) is 30.5 Å². The van der Waals surface area contributed by atoms with Gasteiger partial charge >= 0.3 is 0 Å². The Labute approximate surface area is 108 Å². The largest absolute Gasteiger partial charge is 0.361 e. The van der Waals surface area contributed by atoms with E-state index >= 15 is 0 Å². The summed E-state index contributed by atoms with van der Waals surface area (Å²) >= 11 is 0. The van der Waals surface area contributed by atoms with Gasteiger partial charge in [-0.05, 0) is 66.7 Å². The molecule has 18 heavy (non-hydrogen) atoms. The van der Waals surface area contributed by atoms with E-state index in [-0.39, 0.29) is 0 Å². The number of H-pyrrole nitrogens is 1. The molecule has 2 nitrogen and oxygen atoms in total. The lowest BCUT2D eigenvalue weighted by molar-refractivity contribution is 0.416. The molecule has 0 atom stereocenters. The third-order valence-corrected chi connectivity index (χ3v) is 4.42. The molecular formula is C16H20N2. The smallest absolute Gasteiger partial charge is 0.0454 e. The summed E-state index contributed by atoms with van der Waals surface area (Å²) in [5.41, 5.74) is 2.65. The van der Waals surface area contributed by atoms with Gasteiger partial charge < -0.3 is 10.3 Å². The molecule has 0 unspecified atom stereocenters. The van der Waals surface area contributed by atoms with E-state index in [4.69, 9.17) is 0 Å². The molecule has 2 fully saturated rings. The van der Waals surface area contributed by atoms with Crippen molar-refractivity contribution in [1.29, 1.82) is 0 Å². The summed E-state index contributed by atoms with van der Waals surface area (Å²) < 4.78 is 0. The fourth-order valence-electron chi connectivity index (χ4n) is 3.08. The van der Waals surface area contributed by atoms with E-state index in [0.29, 0.717) is 0 Å². The molecule has 2 aromatic rings. The van der Waals surface area contributed by atoms with Crippen LogP contribution in [0.4, 0.5) is 0 Å². The van der Waals surface area contributed by atoms with E-state index < -0.39 is 0 Å². The average molecular weight is 240 g/mol. The van der Waals surface area contributed by atoms with Gasteiger partial charge in [-0.3, -0.25) is 0 Å². The zero-order valence-electron chi connectivity index (χ0n) is 10.7. The minimum Gasteiger partial charge on any atom is -0.361 e. The highest BCUT2D eigenvalue weighted by Crippen LogP contribution is 2.44. The highest BCUT2D eigenvalue weighted by atomic mass is 14.9. The third kappa shape index (κ3) is 2.05. The lowest BCUT2D eigenvalue weighted by Gasteiger charge is -2.17. The average Bonchev–Trinajstić information content (AvgIpc) is 3.29. The number of benzene rings is 1. The van der Waals surface area contributed by atoms with Crippen molar-refractivity contribution in [3.63, 3.8) is 0 Å². The molecule has 2 N–H and O–H groups in total. The lowest BCUT2D eigenvalue weighted by atomic mass is 10.1. The van der Waals surface area contributed by atoms with Gasteiger partial charge in [0.2, 0.25) is 0 Å². The normalized spacial score (nSPS) is 19.8. The molecule has 0 aliphatic heterocycles. The molecular weight excluding hydrogens is 220 g/mol. The van der Waals surface area contributed by atoms with Crippen LogP contribution in [0.5, 0.6) is 0 Å². The van der Waals surface area contributed by atoms with Crippen molar-refractivity contribution in [2.45, 2.75) is 38.3 Å². The number of hydrogen-bond donors (Lipinski definition) is 2. The standard InChI is InChI=1S/C16H20N2/c1-6-15-14(7-8-17-15)9-11(1)10-18-16(12-2-3-12)13-4-5-13/h1,6-9,12-13,16-18H,2-5,10H2. The Morgan fingerprint density at radius 1 is 1.11 bits per heavy atom. The molecule has 0 bridgehead atoms. The second-order valence-corrected chi connectivity index (χ2v) is 5.98. The molecule has 94 valence electrons. The van der Waals surface area contributed by atoms with Gasteiger partial charge in [-0.2, -0.15) is 0 Å². The summed E-state index contributed by atoms with van der Waals surface area (Å²) in [6.45, 7) is 1.03. The highest BCUT2D eigenvalue weighted by molar-refractivity contribution is 5.79. The van der Waals surface area contributed by atoms with Gasteiger partial charge in [-0.1, -0.05) is 6.07 Å². The Bertz CT molecular complexity index is 537. The van der Waals surface area contributed by atoms with Crippen molar-refractivity contribution in [3.05, 3.63) is 36.0 Å². The number of hydrogen-bond acceptors (Lipinski definition) is 1. The van der Waals surface area contributed by atoms with Crippen molar-refractivity contribution < 1.29 is 0 Å². The van der Waals surface area contributed by atoms with E-state index in [1.54, 1.807) is 0 Å². The lowest BCUT2D eigenvalue weighted by Crippen LogP contribution is -2.32. The van der Waals surface area contributed by atoms with Crippen molar-refractivity contribution in [3.8, 4) is 0 Å². The molecule has 0 spiro atoms. The van der Waals surface area contributed by atoms with Crippen LogP contribution in [0.1, 0.15) is 31.2 Å². The molecule has 1 aromatic carbocycles. The third-order valence-electron chi connectivity index (χ3n) is 4.42. The minimum absolute atomic E-state index is 0.798. The van der Waals surface area contributed by atoms with E-state index in [1.807, 2.05) is 6.20 Å². The van der Waals surface area contributed by atoms with Gasteiger partial charge in [0, 0.05) is 24.3 Å². The first-order chi connectivity index (χ1) is 8.90. The van der Waals surface area contributed by atoms with Gasteiger partial charge in [0.1, 0.15) is 0 Å². The monoisotopic (exact) mass is 240 g/mol. The summed E-state index contributed by atoms with van der Waals surface area (Å²) in [5, 5.41) is 5.13. The predicted octanol–water partition coefficient (Wildman–Crippen LogP) is 3.45. The molecule has 0 saturated heterocycles. The highest BCUT2D eigenvalue weighted by Gasteiger charge is 2.40. The molecule has 2 aliphatic carbocycles. The van der Waals surface area contributed by atoms with Gasteiger partial charge in [-0.25, -0.2) is 0 Å². The Kier molecular flexibility index (Phi) is 2.44. The topological polar surface area (TPSA) is 27.8 Å². The van der Waals surface area contributed by atoms with Crippen molar-refractivity contribution in [2.24, 2.45) is 11.8 Å². The predicted molar refractivity (Wildman–Crippen MR) is 74.4 cm³/mol. The first kappa shape index (κ1) is 10.6. The van der Waals surface area contributed by atoms with Crippen LogP contribution < -0.4 is 5.32 Å². The molecule has 4 rings (SSSR count). The molecule has 2 saturated carbocycles. The van der Waals surface area contributed by atoms with Crippen LogP contribution in [0, 0.1) is 11.8 Å². The molecule has 1 aromatic heterocycles. The van der Waals surface area contributed by atoms with Crippen LogP contribution >= 0.6 is 0 Å². The molecule has 2 aliphatic rings. The molecule has 1 heterocycles. The summed E-state index contributed by atoms with van der Waals surface area (Å²) in [6, 6.07) is 9.68. The van der Waals surface area contributed by atoms with E-state index in [9.17, 15) is 0 Å². The van der Waals surface area contributed by atoms with Crippen LogP contribution in [0.2, 0.25) is 0 Å². The zero-order chi connectivity index (χ0) is 11.9. The maximum absolute atomic E-state index is 3.81. The quantitative estimate of drug-likeness (QED) is 0.823.